The molecule has 0 spiro atoms. The van der Waals surface area contributed by atoms with Crippen molar-refractivity contribution in [1.82, 2.24) is 9.97 Å². The molecule has 3 aromatic rings. The van der Waals surface area contributed by atoms with Gasteiger partial charge < -0.3 is 4.74 Å². The van der Waals surface area contributed by atoms with E-state index < -0.39 is 0 Å². The van der Waals surface area contributed by atoms with E-state index in [0.717, 1.165) is 28.6 Å². The van der Waals surface area contributed by atoms with Crippen molar-refractivity contribution in [2.45, 2.75) is 40.7 Å². The molecule has 2 heterocycles. The van der Waals surface area contributed by atoms with Gasteiger partial charge in [-0.15, -0.1) is 11.3 Å². The predicted octanol–water partition coefficient (Wildman–Crippen LogP) is 4.29. The van der Waals surface area contributed by atoms with Crippen molar-refractivity contribution < 1.29 is 14.3 Å². The van der Waals surface area contributed by atoms with E-state index in [1.54, 1.807) is 4.90 Å². The zero-order chi connectivity index (χ0) is 20.3. The SMILES string of the molecule is CCc1nc2ccccc2c(C(=O)OCc2csc(N(CC)C(C)=O)n2)c1C. The van der Waals surface area contributed by atoms with Crippen LogP contribution in [0.3, 0.4) is 0 Å². The number of anilines is 1. The normalized spacial score (nSPS) is 10.9. The van der Waals surface area contributed by atoms with Crippen LogP contribution in [0.2, 0.25) is 0 Å². The van der Waals surface area contributed by atoms with Crippen LogP contribution in [0.4, 0.5) is 5.13 Å². The molecule has 3 rings (SSSR count). The molecule has 6 nitrogen and oxygen atoms in total. The zero-order valence-corrected chi connectivity index (χ0v) is 17.3. The highest BCUT2D eigenvalue weighted by molar-refractivity contribution is 7.14. The second-order valence-electron chi connectivity index (χ2n) is 6.39. The molecular formula is C21H23N3O3S. The van der Waals surface area contributed by atoms with E-state index in [-0.39, 0.29) is 18.5 Å². The number of amides is 1. The van der Waals surface area contributed by atoms with E-state index >= 15 is 0 Å². The number of nitrogens with zero attached hydrogens (tertiary/aromatic N) is 3. The van der Waals surface area contributed by atoms with Gasteiger partial charge in [0.2, 0.25) is 5.91 Å². The highest BCUT2D eigenvalue weighted by atomic mass is 32.1. The fraction of sp³-hybridized carbons (Fsp3) is 0.333. The molecule has 0 aliphatic carbocycles. The number of aryl methyl sites for hydroxylation is 1. The molecule has 0 aliphatic heterocycles. The monoisotopic (exact) mass is 397 g/mol. The average molecular weight is 398 g/mol. The van der Waals surface area contributed by atoms with E-state index in [9.17, 15) is 9.59 Å². The van der Waals surface area contributed by atoms with Crippen molar-refractivity contribution in [1.29, 1.82) is 0 Å². The van der Waals surface area contributed by atoms with Gasteiger partial charge in [0.15, 0.2) is 5.13 Å². The van der Waals surface area contributed by atoms with Gasteiger partial charge in [0, 0.05) is 29.9 Å². The van der Waals surface area contributed by atoms with Gasteiger partial charge in [0.25, 0.3) is 0 Å². The summed E-state index contributed by atoms with van der Waals surface area (Å²) in [6.45, 7) is 7.93. The first-order chi connectivity index (χ1) is 13.5. The lowest BCUT2D eigenvalue weighted by atomic mass is 10.0. The van der Waals surface area contributed by atoms with Crippen LogP contribution in [0.5, 0.6) is 0 Å². The second kappa shape index (κ2) is 8.48. The van der Waals surface area contributed by atoms with Gasteiger partial charge in [0.1, 0.15) is 6.61 Å². The average Bonchev–Trinajstić information content (AvgIpc) is 3.14. The molecular weight excluding hydrogens is 374 g/mol. The highest BCUT2D eigenvalue weighted by Gasteiger charge is 2.19. The molecule has 0 unspecified atom stereocenters. The number of carbonyl (C=O) groups is 2. The first-order valence-corrected chi connectivity index (χ1v) is 10.1. The standard InChI is InChI=1S/C21H23N3O3S/c1-5-17-13(3)19(16-9-7-8-10-18(16)23-17)20(26)27-11-15-12-28-21(22-15)24(6-2)14(4)25/h7-10,12H,5-6,11H2,1-4H3. The Labute approximate surface area is 168 Å². The van der Waals surface area contributed by atoms with Gasteiger partial charge in [-0.05, 0) is 31.9 Å². The number of ether oxygens (including phenoxy) is 1. The molecule has 28 heavy (non-hydrogen) atoms. The number of rotatable bonds is 6. The third kappa shape index (κ3) is 3.89. The number of aromatic nitrogens is 2. The van der Waals surface area contributed by atoms with Crippen LogP contribution < -0.4 is 4.90 Å². The van der Waals surface area contributed by atoms with Crippen molar-refractivity contribution in [2.75, 3.05) is 11.4 Å². The Hall–Kier alpha value is -2.80. The minimum absolute atomic E-state index is 0.0579. The first-order valence-electron chi connectivity index (χ1n) is 9.24. The lowest BCUT2D eigenvalue weighted by molar-refractivity contribution is -0.116. The van der Waals surface area contributed by atoms with E-state index in [0.29, 0.717) is 22.9 Å². The molecule has 0 atom stereocenters. The number of hydrogen-bond acceptors (Lipinski definition) is 6. The number of hydrogen-bond donors (Lipinski definition) is 0. The minimum Gasteiger partial charge on any atom is -0.456 e. The summed E-state index contributed by atoms with van der Waals surface area (Å²) in [4.78, 5) is 35.2. The van der Waals surface area contributed by atoms with Crippen LogP contribution >= 0.6 is 11.3 Å². The van der Waals surface area contributed by atoms with Crippen molar-refractivity contribution in [3.63, 3.8) is 0 Å². The summed E-state index contributed by atoms with van der Waals surface area (Å²) >= 11 is 1.36. The number of thiazole rings is 1. The highest BCUT2D eigenvalue weighted by Crippen LogP contribution is 2.25. The quantitative estimate of drug-likeness (QED) is 0.580. The number of benzene rings is 1. The summed E-state index contributed by atoms with van der Waals surface area (Å²) in [6.07, 6.45) is 0.740. The van der Waals surface area contributed by atoms with Crippen LogP contribution in [0.25, 0.3) is 10.9 Å². The Bertz CT molecular complexity index is 1030. The molecule has 0 bridgehead atoms. The maximum Gasteiger partial charge on any atom is 0.339 e. The number of pyridine rings is 1. The molecule has 0 N–H and O–H groups in total. The number of fused-ring (bicyclic) bond motifs is 1. The minimum atomic E-state index is -0.390. The van der Waals surface area contributed by atoms with E-state index in [1.165, 1.54) is 18.3 Å². The smallest absolute Gasteiger partial charge is 0.339 e. The fourth-order valence-corrected chi connectivity index (χ4v) is 4.07. The second-order valence-corrected chi connectivity index (χ2v) is 7.23. The summed E-state index contributed by atoms with van der Waals surface area (Å²) in [7, 11) is 0. The Morgan fingerprint density at radius 2 is 1.93 bits per heavy atom. The molecule has 0 radical (unpaired) electrons. The van der Waals surface area contributed by atoms with Gasteiger partial charge in [-0.3, -0.25) is 14.7 Å². The van der Waals surface area contributed by atoms with Gasteiger partial charge in [-0.2, -0.15) is 0 Å². The van der Waals surface area contributed by atoms with Gasteiger partial charge in [-0.1, -0.05) is 25.1 Å². The Kier molecular flexibility index (Phi) is 6.04. The molecule has 1 amide bonds. The molecule has 0 saturated carbocycles. The topological polar surface area (TPSA) is 72.4 Å². The summed E-state index contributed by atoms with van der Waals surface area (Å²) in [6, 6.07) is 7.58. The molecule has 0 saturated heterocycles. The predicted molar refractivity (Wildman–Crippen MR) is 111 cm³/mol. The lowest BCUT2D eigenvalue weighted by Crippen LogP contribution is -2.27. The lowest BCUT2D eigenvalue weighted by Gasteiger charge is -2.14. The van der Waals surface area contributed by atoms with E-state index in [4.69, 9.17) is 4.74 Å². The van der Waals surface area contributed by atoms with Crippen LogP contribution in [0.1, 0.15) is 48.1 Å². The fourth-order valence-electron chi connectivity index (χ4n) is 3.16. The molecule has 0 aliphatic rings. The Morgan fingerprint density at radius 1 is 1.18 bits per heavy atom. The summed E-state index contributed by atoms with van der Waals surface area (Å²) in [5.41, 5.74) is 3.70. The van der Waals surface area contributed by atoms with Crippen molar-refractivity contribution in [2.24, 2.45) is 0 Å². The maximum atomic E-state index is 12.9. The summed E-state index contributed by atoms with van der Waals surface area (Å²) in [5.74, 6) is -0.453. The Morgan fingerprint density at radius 3 is 2.61 bits per heavy atom. The molecule has 1 aromatic carbocycles. The van der Waals surface area contributed by atoms with Gasteiger partial charge >= 0.3 is 5.97 Å². The largest absolute Gasteiger partial charge is 0.456 e. The third-order valence-electron chi connectivity index (χ3n) is 4.59. The van der Waals surface area contributed by atoms with Crippen molar-refractivity contribution in [3.8, 4) is 0 Å². The number of esters is 1. The van der Waals surface area contributed by atoms with Gasteiger partial charge in [0.05, 0.1) is 16.8 Å². The maximum absolute atomic E-state index is 12.9. The molecule has 146 valence electrons. The van der Waals surface area contributed by atoms with Crippen LogP contribution in [0.15, 0.2) is 29.6 Å². The molecule has 0 fully saturated rings. The zero-order valence-electron chi connectivity index (χ0n) is 16.5. The summed E-state index contributed by atoms with van der Waals surface area (Å²) < 4.78 is 5.56. The van der Waals surface area contributed by atoms with E-state index in [2.05, 4.69) is 9.97 Å². The Balaban J connectivity index is 1.84. The van der Waals surface area contributed by atoms with Crippen LogP contribution in [-0.4, -0.2) is 28.4 Å². The molecule has 7 heteroatoms. The van der Waals surface area contributed by atoms with E-state index in [1.807, 2.05) is 50.4 Å². The number of carbonyl (C=O) groups excluding carboxylic acids is 2. The summed E-state index contributed by atoms with van der Waals surface area (Å²) in [5, 5.41) is 3.21. The first kappa shape index (κ1) is 19.9. The van der Waals surface area contributed by atoms with Crippen molar-refractivity contribution >= 4 is 39.2 Å². The number of para-hydroxylation sites is 1. The van der Waals surface area contributed by atoms with Crippen LogP contribution in [0, 0.1) is 6.92 Å². The van der Waals surface area contributed by atoms with Crippen molar-refractivity contribution in [3.05, 3.63) is 52.2 Å². The third-order valence-corrected chi connectivity index (χ3v) is 5.51. The van der Waals surface area contributed by atoms with Crippen LogP contribution in [-0.2, 0) is 22.6 Å². The van der Waals surface area contributed by atoms with Gasteiger partial charge in [-0.25, -0.2) is 9.78 Å². The molecule has 2 aromatic heterocycles.